The van der Waals surface area contributed by atoms with Crippen LogP contribution >= 0.6 is 0 Å². The maximum Gasteiger partial charge on any atom is 0.254 e. The molecular weight excluding hydrogens is 276 g/mol. The molecule has 2 heterocycles. The van der Waals surface area contributed by atoms with Crippen molar-refractivity contribution < 1.29 is 4.79 Å². The maximum absolute atomic E-state index is 12.6. The molecule has 1 amide bonds. The van der Waals surface area contributed by atoms with Crippen molar-refractivity contribution >= 4 is 5.91 Å². The summed E-state index contributed by atoms with van der Waals surface area (Å²) in [7, 11) is 0. The van der Waals surface area contributed by atoms with Crippen LogP contribution in [0.4, 0.5) is 0 Å². The van der Waals surface area contributed by atoms with E-state index in [-0.39, 0.29) is 5.91 Å². The van der Waals surface area contributed by atoms with E-state index < -0.39 is 0 Å². The highest BCUT2D eigenvalue weighted by Gasteiger charge is 2.22. The van der Waals surface area contributed by atoms with Crippen LogP contribution < -0.4 is 0 Å². The quantitative estimate of drug-likeness (QED) is 0.862. The average Bonchev–Trinajstić information content (AvgIpc) is 3.07. The first-order valence-corrected chi connectivity index (χ1v) is 7.77. The Morgan fingerprint density at radius 3 is 2.59 bits per heavy atom. The molecule has 0 aliphatic carbocycles. The van der Waals surface area contributed by atoms with Gasteiger partial charge in [-0.25, -0.2) is 4.98 Å². The largest absolute Gasteiger partial charge is 0.336 e. The van der Waals surface area contributed by atoms with Gasteiger partial charge in [-0.3, -0.25) is 9.69 Å². The SMILES string of the molecule is Cc1ccccc1C(=O)N1CCN(CCn2ccnc2)CC1. The van der Waals surface area contributed by atoms with Gasteiger partial charge in [0, 0.05) is 57.2 Å². The lowest BCUT2D eigenvalue weighted by atomic mass is 10.1. The fraction of sp³-hybridized carbons (Fsp3) is 0.412. The van der Waals surface area contributed by atoms with Crippen molar-refractivity contribution in [1.82, 2.24) is 19.4 Å². The Hall–Kier alpha value is -2.14. The van der Waals surface area contributed by atoms with Crippen LogP contribution in [0.5, 0.6) is 0 Å². The number of carbonyl (C=O) groups excluding carboxylic acids is 1. The topological polar surface area (TPSA) is 41.4 Å². The summed E-state index contributed by atoms with van der Waals surface area (Å²) in [5.74, 6) is 0.160. The summed E-state index contributed by atoms with van der Waals surface area (Å²) in [4.78, 5) is 21.0. The molecule has 1 saturated heterocycles. The molecule has 1 aliphatic heterocycles. The molecule has 1 fully saturated rings. The van der Waals surface area contributed by atoms with E-state index in [9.17, 15) is 4.79 Å². The molecule has 0 saturated carbocycles. The van der Waals surface area contributed by atoms with Crippen LogP contribution in [-0.2, 0) is 6.54 Å². The number of amides is 1. The van der Waals surface area contributed by atoms with Crippen molar-refractivity contribution in [2.24, 2.45) is 0 Å². The lowest BCUT2D eigenvalue weighted by molar-refractivity contribution is 0.0632. The highest BCUT2D eigenvalue weighted by molar-refractivity contribution is 5.95. The van der Waals surface area contributed by atoms with Gasteiger partial charge in [0.05, 0.1) is 6.33 Å². The lowest BCUT2D eigenvalue weighted by Crippen LogP contribution is -2.49. The molecule has 0 spiro atoms. The van der Waals surface area contributed by atoms with Gasteiger partial charge in [-0.15, -0.1) is 0 Å². The van der Waals surface area contributed by atoms with Crippen molar-refractivity contribution in [3.63, 3.8) is 0 Å². The Labute approximate surface area is 131 Å². The van der Waals surface area contributed by atoms with Crippen LogP contribution in [-0.4, -0.2) is 58.0 Å². The van der Waals surface area contributed by atoms with E-state index >= 15 is 0 Å². The Bertz CT molecular complexity index is 615. The van der Waals surface area contributed by atoms with Gasteiger partial charge in [-0.05, 0) is 18.6 Å². The highest BCUT2D eigenvalue weighted by atomic mass is 16.2. The van der Waals surface area contributed by atoms with Crippen LogP contribution in [0.3, 0.4) is 0 Å². The summed E-state index contributed by atoms with van der Waals surface area (Å²) >= 11 is 0. The minimum Gasteiger partial charge on any atom is -0.336 e. The summed E-state index contributed by atoms with van der Waals surface area (Å²) in [5, 5.41) is 0. The fourth-order valence-electron chi connectivity index (χ4n) is 2.83. The van der Waals surface area contributed by atoms with E-state index in [1.165, 1.54) is 0 Å². The molecule has 116 valence electrons. The summed E-state index contributed by atoms with van der Waals surface area (Å²) in [5.41, 5.74) is 1.88. The van der Waals surface area contributed by atoms with Gasteiger partial charge in [0.1, 0.15) is 0 Å². The lowest BCUT2D eigenvalue weighted by Gasteiger charge is -2.35. The molecule has 5 heteroatoms. The maximum atomic E-state index is 12.6. The number of carbonyl (C=O) groups is 1. The minimum atomic E-state index is 0.160. The van der Waals surface area contributed by atoms with Gasteiger partial charge in [0.25, 0.3) is 5.91 Å². The predicted octanol–water partition coefficient (Wildman–Crippen LogP) is 1.65. The first kappa shape index (κ1) is 14.8. The third kappa shape index (κ3) is 3.36. The number of benzene rings is 1. The Balaban J connectivity index is 1.51. The first-order chi connectivity index (χ1) is 10.7. The average molecular weight is 298 g/mol. The van der Waals surface area contributed by atoms with Gasteiger partial charge >= 0.3 is 0 Å². The normalized spacial score (nSPS) is 16.0. The number of nitrogens with zero attached hydrogens (tertiary/aromatic N) is 4. The van der Waals surface area contributed by atoms with E-state index in [1.54, 1.807) is 6.20 Å². The van der Waals surface area contributed by atoms with Crippen LogP contribution in [0.2, 0.25) is 0 Å². The van der Waals surface area contributed by atoms with Crippen molar-refractivity contribution in [2.45, 2.75) is 13.5 Å². The second-order valence-corrected chi connectivity index (χ2v) is 5.75. The molecule has 2 aromatic rings. The third-order valence-electron chi connectivity index (χ3n) is 4.27. The Kier molecular flexibility index (Phi) is 4.53. The van der Waals surface area contributed by atoms with E-state index in [0.29, 0.717) is 0 Å². The number of aryl methyl sites for hydroxylation is 1. The second kappa shape index (κ2) is 6.75. The molecule has 1 aliphatic rings. The van der Waals surface area contributed by atoms with Crippen LogP contribution in [0.1, 0.15) is 15.9 Å². The molecule has 5 nitrogen and oxygen atoms in total. The minimum absolute atomic E-state index is 0.160. The summed E-state index contributed by atoms with van der Waals surface area (Å²) in [6.45, 7) is 7.43. The number of piperazine rings is 1. The van der Waals surface area contributed by atoms with E-state index in [4.69, 9.17) is 0 Å². The molecule has 0 N–H and O–H groups in total. The highest BCUT2D eigenvalue weighted by Crippen LogP contribution is 2.12. The summed E-state index contributed by atoms with van der Waals surface area (Å²) in [6.07, 6.45) is 5.63. The van der Waals surface area contributed by atoms with E-state index in [1.807, 2.05) is 48.6 Å². The van der Waals surface area contributed by atoms with Crippen molar-refractivity contribution in [3.05, 3.63) is 54.1 Å². The van der Waals surface area contributed by atoms with Gasteiger partial charge in [0.2, 0.25) is 0 Å². The van der Waals surface area contributed by atoms with Crippen LogP contribution in [0.15, 0.2) is 43.0 Å². The fourth-order valence-corrected chi connectivity index (χ4v) is 2.83. The number of hydrogen-bond donors (Lipinski definition) is 0. The number of hydrogen-bond acceptors (Lipinski definition) is 3. The Morgan fingerprint density at radius 1 is 1.14 bits per heavy atom. The number of rotatable bonds is 4. The van der Waals surface area contributed by atoms with Crippen LogP contribution in [0, 0.1) is 6.92 Å². The van der Waals surface area contributed by atoms with E-state index in [2.05, 4.69) is 14.5 Å². The molecule has 0 unspecified atom stereocenters. The van der Waals surface area contributed by atoms with Gasteiger partial charge < -0.3 is 9.47 Å². The third-order valence-corrected chi connectivity index (χ3v) is 4.27. The van der Waals surface area contributed by atoms with Crippen molar-refractivity contribution in [1.29, 1.82) is 0 Å². The summed E-state index contributed by atoms with van der Waals surface area (Å²) < 4.78 is 2.09. The summed E-state index contributed by atoms with van der Waals surface area (Å²) in [6, 6.07) is 7.82. The molecule has 1 aromatic heterocycles. The van der Waals surface area contributed by atoms with Crippen LogP contribution in [0.25, 0.3) is 0 Å². The molecule has 3 rings (SSSR count). The molecule has 22 heavy (non-hydrogen) atoms. The number of aromatic nitrogens is 2. The van der Waals surface area contributed by atoms with Gasteiger partial charge in [0.15, 0.2) is 0 Å². The van der Waals surface area contributed by atoms with Gasteiger partial charge in [-0.1, -0.05) is 18.2 Å². The zero-order valence-electron chi connectivity index (χ0n) is 13.0. The Morgan fingerprint density at radius 2 is 1.91 bits per heavy atom. The standard InChI is InChI=1S/C17H22N4O/c1-15-4-2-3-5-16(15)17(22)21-12-10-19(11-13-21)8-9-20-7-6-18-14-20/h2-7,14H,8-13H2,1H3. The van der Waals surface area contributed by atoms with E-state index in [0.717, 1.165) is 50.4 Å². The zero-order valence-corrected chi connectivity index (χ0v) is 13.0. The monoisotopic (exact) mass is 298 g/mol. The van der Waals surface area contributed by atoms with Crippen molar-refractivity contribution in [2.75, 3.05) is 32.7 Å². The smallest absolute Gasteiger partial charge is 0.254 e. The molecule has 1 aromatic carbocycles. The molecule has 0 radical (unpaired) electrons. The molecule has 0 atom stereocenters. The number of imidazole rings is 1. The second-order valence-electron chi connectivity index (χ2n) is 5.75. The zero-order chi connectivity index (χ0) is 15.4. The molecule has 0 bridgehead atoms. The van der Waals surface area contributed by atoms with Crippen molar-refractivity contribution in [3.8, 4) is 0 Å². The predicted molar refractivity (Wildman–Crippen MR) is 85.7 cm³/mol. The van der Waals surface area contributed by atoms with Gasteiger partial charge in [-0.2, -0.15) is 0 Å². The molecular formula is C17H22N4O. The first-order valence-electron chi connectivity index (χ1n) is 7.77.